The summed E-state index contributed by atoms with van der Waals surface area (Å²) in [4.78, 5) is 17.9. The molecule has 1 fully saturated rings. The van der Waals surface area contributed by atoms with Gasteiger partial charge in [0.05, 0.1) is 6.61 Å². The lowest BCUT2D eigenvalue weighted by atomic mass is 10.3. The summed E-state index contributed by atoms with van der Waals surface area (Å²) in [6.45, 7) is 7.09. The van der Waals surface area contributed by atoms with Gasteiger partial charge in [-0.3, -0.25) is 9.69 Å². The second-order valence-corrected chi connectivity index (χ2v) is 7.30. The summed E-state index contributed by atoms with van der Waals surface area (Å²) in [5.41, 5.74) is 1.37. The zero-order valence-corrected chi connectivity index (χ0v) is 15.0. The largest absolute Gasteiger partial charge is 0.492 e. The molecule has 1 saturated heterocycles. The van der Waals surface area contributed by atoms with Crippen molar-refractivity contribution in [3.63, 3.8) is 0 Å². The maximum atomic E-state index is 12.8. The van der Waals surface area contributed by atoms with Gasteiger partial charge in [-0.25, -0.2) is 0 Å². The molecule has 1 amide bonds. The molecule has 0 aliphatic carbocycles. The summed E-state index contributed by atoms with van der Waals surface area (Å²) >= 11 is 3.21. The van der Waals surface area contributed by atoms with Gasteiger partial charge in [0.1, 0.15) is 10.6 Å². The SMILES string of the molecule is CCOc1ccsc1C(=O)N1CCCN(Cc2ccsc2)CC1. The van der Waals surface area contributed by atoms with Crippen LogP contribution in [0.25, 0.3) is 0 Å². The molecule has 1 aliphatic rings. The van der Waals surface area contributed by atoms with Crippen LogP contribution >= 0.6 is 22.7 Å². The zero-order chi connectivity index (χ0) is 16.1. The smallest absolute Gasteiger partial charge is 0.267 e. The first-order valence-corrected chi connectivity index (χ1v) is 9.83. The van der Waals surface area contributed by atoms with Gasteiger partial charge in [0, 0.05) is 32.7 Å². The molecule has 124 valence electrons. The lowest BCUT2D eigenvalue weighted by Crippen LogP contribution is -2.34. The molecule has 23 heavy (non-hydrogen) atoms. The topological polar surface area (TPSA) is 32.8 Å². The van der Waals surface area contributed by atoms with E-state index in [0.717, 1.165) is 49.8 Å². The van der Waals surface area contributed by atoms with Crippen LogP contribution < -0.4 is 4.74 Å². The predicted molar refractivity (Wildman–Crippen MR) is 95.6 cm³/mol. The van der Waals surface area contributed by atoms with Crippen LogP contribution in [0.4, 0.5) is 0 Å². The minimum Gasteiger partial charge on any atom is -0.492 e. The Morgan fingerprint density at radius 3 is 2.91 bits per heavy atom. The Morgan fingerprint density at radius 1 is 1.22 bits per heavy atom. The molecule has 6 heteroatoms. The molecule has 1 aliphatic heterocycles. The number of ether oxygens (including phenoxy) is 1. The fraction of sp³-hybridized carbons (Fsp3) is 0.471. The van der Waals surface area contributed by atoms with Crippen molar-refractivity contribution < 1.29 is 9.53 Å². The quantitative estimate of drug-likeness (QED) is 0.827. The van der Waals surface area contributed by atoms with Gasteiger partial charge in [-0.15, -0.1) is 11.3 Å². The van der Waals surface area contributed by atoms with Crippen LogP contribution in [0, 0.1) is 0 Å². The summed E-state index contributed by atoms with van der Waals surface area (Å²) in [6.07, 6.45) is 1.02. The minimum atomic E-state index is 0.112. The van der Waals surface area contributed by atoms with E-state index in [9.17, 15) is 4.79 Å². The Kier molecular flexibility index (Phi) is 5.70. The van der Waals surface area contributed by atoms with Gasteiger partial charge < -0.3 is 9.64 Å². The molecule has 0 saturated carbocycles. The summed E-state index contributed by atoms with van der Waals surface area (Å²) in [5.74, 6) is 0.836. The lowest BCUT2D eigenvalue weighted by molar-refractivity contribution is 0.0762. The lowest BCUT2D eigenvalue weighted by Gasteiger charge is -2.21. The van der Waals surface area contributed by atoms with Gasteiger partial charge in [-0.1, -0.05) is 0 Å². The molecule has 3 heterocycles. The molecule has 0 radical (unpaired) electrons. The van der Waals surface area contributed by atoms with Crippen molar-refractivity contribution in [2.45, 2.75) is 19.9 Å². The summed E-state index contributed by atoms with van der Waals surface area (Å²) in [7, 11) is 0. The Bertz CT molecular complexity index is 624. The van der Waals surface area contributed by atoms with Gasteiger partial charge in [0.2, 0.25) is 0 Å². The fourth-order valence-electron chi connectivity index (χ4n) is 2.84. The van der Waals surface area contributed by atoms with Crippen molar-refractivity contribution in [2.24, 2.45) is 0 Å². The molecule has 2 aromatic rings. The van der Waals surface area contributed by atoms with E-state index in [1.165, 1.54) is 16.9 Å². The second-order valence-electron chi connectivity index (χ2n) is 5.60. The van der Waals surface area contributed by atoms with E-state index in [2.05, 4.69) is 21.7 Å². The highest BCUT2D eigenvalue weighted by atomic mass is 32.1. The monoisotopic (exact) mass is 350 g/mol. The summed E-state index contributed by atoms with van der Waals surface area (Å²) in [6, 6.07) is 4.07. The Labute approximate surface area is 145 Å². The Hall–Kier alpha value is -1.37. The summed E-state index contributed by atoms with van der Waals surface area (Å²) in [5, 5.41) is 6.25. The molecule has 0 unspecified atom stereocenters. The number of thiophene rings is 2. The van der Waals surface area contributed by atoms with E-state index in [4.69, 9.17) is 4.74 Å². The first-order valence-electron chi connectivity index (χ1n) is 8.01. The van der Waals surface area contributed by atoms with E-state index in [1.54, 1.807) is 11.3 Å². The van der Waals surface area contributed by atoms with E-state index in [0.29, 0.717) is 6.61 Å². The second kappa shape index (κ2) is 7.95. The highest BCUT2D eigenvalue weighted by Gasteiger charge is 2.23. The van der Waals surface area contributed by atoms with Gasteiger partial charge in [0.15, 0.2) is 0 Å². The first-order chi connectivity index (χ1) is 11.3. The Balaban J connectivity index is 1.61. The van der Waals surface area contributed by atoms with Gasteiger partial charge in [0.25, 0.3) is 5.91 Å². The molecule has 4 nitrogen and oxygen atoms in total. The number of hydrogen-bond acceptors (Lipinski definition) is 5. The maximum Gasteiger partial charge on any atom is 0.267 e. The van der Waals surface area contributed by atoms with Crippen molar-refractivity contribution >= 4 is 28.6 Å². The highest BCUT2D eigenvalue weighted by Crippen LogP contribution is 2.27. The number of carbonyl (C=O) groups is 1. The molecule has 2 aromatic heterocycles. The van der Waals surface area contributed by atoms with Crippen molar-refractivity contribution in [1.29, 1.82) is 0 Å². The van der Waals surface area contributed by atoms with E-state index >= 15 is 0 Å². The normalized spacial score (nSPS) is 16.3. The molecule has 0 N–H and O–H groups in total. The van der Waals surface area contributed by atoms with Crippen molar-refractivity contribution in [1.82, 2.24) is 9.80 Å². The molecular weight excluding hydrogens is 328 g/mol. The molecule has 0 spiro atoms. The Morgan fingerprint density at radius 2 is 2.13 bits per heavy atom. The number of nitrogens with zero attached hydrogens (tertiary/aromatic N) is 2. The number of hydrogen-bond donors (Lipinski definition) is 0. The summed E-state index contributed by atoms with van der Waals surface area (Å²) < 4.78 is 5.57. The minimum absolute atomic E-state index is 0.112. The van der Waals surface area contributed by atoms with Gasteiger partial charge >= 0.3 is 0 Å². The molecule has 0 bridgehead atoms. The van der Waals surface area contributed by atoms with Crippen LogP contribution in [-0.4, -0.2) is 48.5 Å². The maximum absolute atomic E-state index is 12.8. The molecular formula is C17H22N2O2S2. The number of carbonyl (C=O) groups excluding carboxylic acids is 1. The highest BCUT2D eigenvalue weighted by molar-refractivity contribution is 7.12. The van der Waals surface area contributed by atoms with Crippen LogP contribution in [0.3, 0.4) is 0 Å². The first kappa shape index (κ1) is 16.5. The van der Waals surface area contributed by atoms with Crippen molar-refractivity contribution in [3.05, 3.63) is 38.7 Å². The number of rotatable bonds is 5. The van der Waals surface area contributed by atoms with Crippen LogP contribution in [0.1, 0.15) is 28.6 Å². The third kappa shape index (κ3) is 4.13. The fourth-order valence-corrected chi connectivity index (χ4v) is 4.30. The average molecular weight is 351 g/mol. The van der Waals surface area contributed by atoms with E-state index in [-0.39, 0.29) is 5.91 Å². The predicted octanol–water partition coefficient (Wildman–Crippen LogP) is 3.56. The van der Waals surface area contributed by atoms with Crippen molar-refractivity contribution in [3.8, 4) is 5.75 Å². The molecule has 0 aromatic carbocycles. The van der Waals surface area contributed by atoms with Crippen molar-refractivity contribution in [2.75, 3.05) is 32.8 Å². The van der Waals surface area contributed by atoms with Gasteiger partial charge in [-0.05, 0) is 47.2 Å². The zero-order valence-electron chi connectivity index (χ0n) is 13.4. The standard InChI is InChI=1S/C17H22N2O2S2/c1-2-21-15-5-11-23-16(15)17(20)19-7-3-6-18(8-9-19)12-14-4-10-22-13-14/h4-5,10-11,13H,2-3,6-9,12H2,1H3. The van der Waals surface area contributed by atoms with Gasteiger partial charge in [-0.2, -0.15) is 11.3 Å². The molecule has 3 rings (SSSR count). The van der Waals surface area contributed by atoms with Crippen LogP contribution in [-0.2, 0) is 6.54 Å². The third-order valence-corrected chi connectivity index (χ3v) is 5.60. The van der Waals surface area contributed by atoms with Crippen LogP contribution in [0.15, 0.2) is 28.3 Å². The number of amides is 1. The molecule has 0 atom stereocenters. The van der Waals surface area contributed by atoms with Crippen LogP contribution in [0.2, 0.25) is 0 Å². The van der Waals surface area contributed by atoms with E-state index < -0.39 is 0 Å². The third-order valence-electron chi connectivity index (χ3n) is 3.99. The van der Waals surface area contributed by atoms with E-state index in [1.807, 2.05) is 23.3 Å². The average Bonchev–Trinajstić information content (AvgIpc) is 3.16. The van der Waals surface area contributed by atoms with Crippen LogP contribution in [0.5, 0.6) is 5.75 Å².